The first-order chi connectivity index (χ1) is 6.62. The molecule has 0 aromatic rings. The van der Waals surface area contributed by atoms with E-state index in [2.05, 4.69) is 0 Å². The summed E-state index contributed by atoms with van der Waals surface area (Å²) in [5.74, 6) is -0.366. The third kappa shape index (κ3) is 0.257. The van der Waals surface area contributed by atoms with Crippen molar-refractivity contribution >= 4 is 0 Å². The van der Waals surface area contributed by atoms with Crippen LogP contribution < -0.4 is 0 Å². The average Bonchev–Trinajstić information content (AvgIpc) is 2.16. The van der Waals surface area contributed by atoms with E-state index in [4.69, 9.17) is 0 Å². The minimum atomic E-state index is -1.11. The Labute approximate surface area is 76.2 Å². The van der Waals surface area contributed by atoms with E-state index in [-0.39, 0.29) is 23.7 Å². The Balaban J connectivity index is 1.65. The molecule has 0 aromatic carbocycles. The van der Waals surface area contributed by atoms with Crippen LogP contribution in [0.2, 0.25) is 0 Å². The van der Waals surface area contributed by atoms with Crippen LogP contribution in [-0.2, 0) is 0 Å². The fraction of sp³-hybridized carbons (Fsp3) is 1.00. The second-order valence-corrected chi connectivity index (χ2v) is 5.40. The second kappa shape index (κ2) is 1.35. The van der Waals surface area contributed by atoms with Gasteiger partial charge < -0.3 is 0 Å². The molecule has 6 saturated carbocycles. The largest absolute Gasteiger partial charge is 0.101 e. The Morgan fingerprint density at radius 3 is 1.36 bits per heavy atom. The summed E-state index contributed by atoms with van der Waals surface area (Å²) in [6.45, 7) is 0. The highest BCUT2D eigenvalue weighted by molar-refractivity contribution is 5.61. The van der Waals surface area contributed by atoms with Gasteiger partial charge in [-0.15, -0.1) is 17.9 Å². The van der Waals surface area contributed by atoms with Crippen molar-refractivity contribution in [2.45, 2.75) is 11.1 Å². The van der Waals surface area contributed by atoms with Crippen LogP contribution in [-0.4, -0.2) is 21.8 Å². The molecule has 0 saturated heterocycles. The first-order valence-corrected chi connectivity index (χ1v) is 4.86. The number of nitrogens with zero attached hydrogens (tertiary/aromatic N) is 2. The predicted octanol–water partition coefficient (Wildman–Crippen LogP) is 1.37. The highest BCUT2D eigenvalue weighted by Crippen LogP contribution is 3.05. The molecule has 76 valence electrons. The van der Waals surface area contributed by atoms with Crippen LogP contribution >= 0.6 is 0 Å². The maximum Gasteiger partial charge on any atom is 0.0974 e. The molecule has 0 aliphatic heterocycles. The Bertz CT molecular complexity index is 332. The molecule has 0 N–H and O–H groups in total. The summed E-state index contributed by atoms with van der Waals surface area (Å²) in [7, 11) is 0. The zero-order valence-corrected chi connectivity index (χ0v) is 6.87. The minimum Gasteiger partial charge on any atom is -0.101 e. The Kier molecular flexibility index (Phi) is 0.674. The molecule has 0 atom stereocenters. The lowest BCUT2D eigenvalue weighted by Crippen LogP contribution is -3.18. The molecule has 0 aromatic heterocycles. The Morgan fingerprint density at radius 1 is 0.714 bits per heavy atom. The van der Waals surface area contributed by atoms with Gasteiger partial charge in [-0.25, -0.2) is 0 Å². The van der Waals surface area contributed by atoms with Crippen molar-refractivity contribution in [1.29, 1.82) is 0 Å². The first kappa shape index (κ1) is 7.00. The quantitative estimate of drug-likeness (QED) is 0.497. The van der Waals surface area contributed by atoms with E-state index in [0.29, 0.717) is 0 Å². The molecule has 14 heavy (non-hydrogen) atoms. The fourth-order valence-electron chi connectivity index (χ4n) is 6.14. The van der Waals surface area contributed by atoms with Gasteiger partial charge >= 0.3 is 0 Å². The molecule has 6 heteroatoms. The molecule has 6 aliphatic rings. The van der Waals surface area contributed by atoms with E-state index in [1.54, 1.807) is 0 Å². The van der Waals surface area contributed by atoms with Crippen molar-refractivity contribution in [2.24, 2.45) is 35.5 Å². The maximum atomic E-state index is 12.7. The minimum absolute atomic E-state index is 0.0549. The van der Waals surface area contributed by atoms with Crippen LogP contribution in [0.4, 0.5) is 17.9 Å². The van der Waals surface area contributed by atoms with Gasteiger partial charge in [0.05, 0.1) is 11.1 Å². The van der Waals surface area contributed by atoms with Gasteiger partial charge in [0.1, 0.15) is 0 Å². The highest BCUT2D eigenvalue weighted by atomic mass is 19.4. The highest BCUT2D eigenvalue weighted by Gasteiger charge is 3.14. The lowest BCUT2D eigenvalue weighted by molar-refractivity contribution is -0.679. The number of halogens is 4. The van der Waals surface area contributed by atoms with E-state index in [1.807, 2.05) is 0 Å². The third-order valence-corrected chi connectivity index (χ3v) is 6.07. The summed E-state index contributed by atoms with van der Waals surface area (Å²) < 4.78 is 50.6. The van der Waals surface area contributed by atoms with Gasteiger partial charge in [0.25, 0.3) is 0 Å². The van der Waals surface area contributed by atoms with Gasteiger partial charge in [-0.2, -0.15) is 0 Å². The van der Waals surface area contributed by atoms with Crippen LogP contribution in [0, 0.1) is 35.5 Å². The molecular formula is C8H6F4N2. The zero-order chi connectivity index (χ0) is 9.62. The molecule has 6 fully saturated rings. The summed E-state index contributed by atoms with van der Waals surface area (Å²) >= 11 is 0. The van der Waals surface area contributed by atoms with Crippen LogP contribution in [0.3, 0.4) is 0 Å². The van der Waals surface area contributed by atoms with Crippen molar-refractivity contribution in [2.75, 3.05) is 0 Å². The van der Waals surface area contributed by atoms with Crippen LogP contribution in [0.1, 0.15) is 0 Å². The summed E-state index contributed by atoms with van der Waals surface area (Å²) in [6.07, 6.45) is 0. The van der Waals surface area contributed by atoms with Gasteiger partial charge in [-0.05, 0) is 23.7 Å². The SMILES string of the molecule is FN(F)C12C3C4C5C3C1C5(N(F)F)C42. The summed E-state index contributed by atoms with van der Waals surface area (Å²) in [6, 6.07) is 0. The van der Waals surface area contributed by atoms with Crippen molar-refractivity contribution in [3.63, 3.8) is 0 Å². The topological polar surface area (TPSA) is 6.48 Å². The van der Waals surface area contributed by atoms with Crippen molar-refractivity contribution < 1.29 is 17.9 Å². The average molecular weight is 206 g/mol. The second-order valence-electron chi connectivity index (χ2n) is 5.40. The van der Waals surface area contributed by atoms with Crippen molar-refractivity contribution in [3.8, 4) is 0 Å². The van der Waals surface area contributed by atoms with Gasteiger partial charge in [-0.1, -0.05) is 0 Å². The number of rotatable bonds is 2. The smallest absolute Gasteiger partial charge is 0.0974 e. The third-order valence-electron chi connectivity index (χ3n) is 6.07. The molecule has 0 unspecified atom stereocenters. The summed E-state index contributed by atoms with van der Waals surface area (Å²) in [5, 5.41) is -1.53. The van der Waals surface area contributed by atoms with Crippen LogP contribution in [0.15, 0.2) is 0 Å². The summed E-state index contributed by atoms with van der Waals surface area (Å²) in [4.78, 5) is 0. The van der Waals surface area contributed by atoms with Crippen LogP contribution in [0.5, 0.6) is 0 Å². The monoisotopic (exact) mass is 206 g/mol. The molecule has 6 rings (SSSR count). The zero-order valence-electron chi connectivity index (χ0n) is 6.87. The van der Waals surface area contributed by atoms with Gasteiger partial charge in [0.15, 0.2) is 0 Å². The first-order valence-electron chi connectivity index (χ1n) is 4.86. The molecule has 6 aliphatic carbocycles. The molecule has 0 spiro atoms. The maximum absolute atomic E-state index is 12.7. The lowest BCUT2D eigenvalue weighted by atomic mass is 8.96. The van der Waals surface area contributed by atoms with Crippen LogP contribution in [0.25, 0.3) is 0 Å². The van der Waals surface area contributed by atoms with E-state index in [9.17, 15) is 17.9 Å². The molecule has 0 bridgehead atoms. The lowest BCUT2D eigenvalue weighted by Gasteiger charge is -3.09. The molecular weight excluding hydrogens is 200 g/mol. The van der Waals surface area contributed by atoms with Gasteiger partial charge in [0, 0.05) is 22.5 Å². The van der Waals surface area contributed by atoms with E-state index < -0.39 is 33.6 Å². The Morgan fingerprint density at radius 2 is 1.07 bits per heavy atom. The van der Waals surface area contributed by atoms with Gasteiger partial charge in [-0.3, -0.25) is 0 Å². The molecule has 0 amide bonds. The number of hydrogen-bond acceptors (Lipinski definition) is 2. The number of hydrogen-bond donors (Lipinski definition) is 0. The van der Waals surface area contributed by atoms with Gasteiger partial charge in [0.2, 0.25) is 0 Å². The van der Waals surface area contributed by atoms with E-state index in [0.717, 1.165) is 0 Å². The van der Waals surface area contributed by atoms with E-state index in [1.165, 1.54) is 0 Å². The standard InChI is InChI=1S/C8H6F4N2/c9-13(10)7-3-1-4-2(3)6(7)8(4,5(1)7)14(11)12/h1-6H. The molecule has 0 radical (unpaired) electrons. The fourth-order valence-corrected chi connectivity index (χ4v) is 6.14. The molecule has 2 nitrogen and oxygen atoms in total. The van der Waals surface area contributed by atoms with E-state index >= 15 is 0 Å². The Hall–Kier alpha value is -0.360. The summed E-state index contributed by atoms with van der Waals surface area (Å²) in [5.41, 5.74) is -2.22. The van der Waals surface area contributed by atoms with Crippen molar-refractivity contribution in [3.05, 3.63) is 0 Å². The molecule has 0 heterocycles. The predicted molar refractivity (Wildman–Crippen MR) is 34.5 cm³/mol. The normalized spacial score (nSPS) is 78.4. The van der Waals surface area contributed by atoms with Crippen molar-refractivity contribution in [1.82, 2.24) is 10.7 Å².